The van der Waals surface area contributed by atoms with Crippen LogP contribution in [0.1, 0.15) is 11.3 Å². The van der Waals surface area contributed by atoms with E-state index in [2.05, 4.69) is 15.1 Å². The van der Waals surface area contributed by atoms with Crippen LogP contribution in [0.4, 0.5) is 13.2 Å². The zero-order valence-electron chi connectivity index (χ0n) is 15.3. The normalized spacial score (nSPS) is 11.6. The van der Waals surface area contributed by atoms with Crippen LogP contribution in [0.3, 0.4) is 0 Å². The van der Waals surface area contributed by atoms with Gasteiger partial charge in [-0.15, -0.1) is 0 Å². The quantitative estimate of drug-likeness (QED) is 0.473. The smallest absolute Gasteiger partial charge is 0.435 e. The van der Waals surface area contributed by atoms with E-state index in [1.165, 1.54) is 38.4 Å². The van der Waals surface area contributed by atoms with Crippen molar-refractivity contribution in [2.75, 3.05) is 7.11 Å². The molecule has 3 aromatic rings. The Labute approximate surface area is 163 Å². The summed E-state index contributed by atoms with van der Waals surface area (Å²) in [6.45, 7) is 0. The van der Waals surface area contributed by atoms with E-state index < -0.39 is 11.9 Å². The Morgan fingerprint density at radius 2 is 1.48 bits per heavy atom. The molecule has 0 unspecified atom stereocenters. The van der Waals surface area contributed by atoms with Gasteiger partial charge < -0.3 is 19.4 Å². The highest BCUT2D eigenvalue weighted by Gasteiger charge is 2.39. The lowest BCUT2D eigenvalue weighted by Crippen LogP contribution is -2.09. The van der Waals surface area contributed by atoms with Crippen molar-refractivity contribution >= 4 is 6.21 Å². The Bertz CT molecular complexity index is 997. The van der Waals surface area contributed by atoms with Gasteiger partial charge >= 0.3 is 6.18 Å². The summed E-state index contributed by atoms with van der Waals surface area (Å²) >= 11 is 0. The first-order valence-electron chi connectivity index (χ1n) is 8.23. The van der Waals surface area contributed by atoms with Crippen LogP contribution in [0.15, 0.2) is 53.7 Å². The van der Waals surface area contributed by atoms with Gasteiger partial charge in [0.1, 0.15) is 30.1 Å². The van der Waals surface area contributed by atoms with Crippen LogP contribution in [0, 0.1) is 0 Å². The lowest BCUT2D eigenvalue weighted by molar-refractivity contribution is -0.141. The van der Waals surface area contributed by atoms with Gasteiger partial charge in [0.25, 0.3) is 0 Å². The molecule has 152 valence electrons. The van der Waals surface area contributed by atoms with Crippen molar-refractivity contribution < 1.29 is 32.6 Å². The van der Waals surface area contributed by atoms with Gasteiger partial charge in [0.05, 0.1) is 11.8 Å². The molecule has 10 heteroatoms. The topological polar surface area (TPSA) is 78.1 Å². The fraction of sp³-hybridized carbons (Fsp3) is 0.158. The molecule has 0 aliphatic heterocycles. The summed E-state index contributed by atoms with van der Waals surface area (Å²) in [5, 5.41) is 16.2. The first kappa shape index (κ1) is 20.1. The second-order valence-corrected chi connectivity index (χ2v) is 5.78. The maximum atomic E-state index is 13.2. The molecule has 1 N–H and O–H groups in total. The minimum absolute atomic E-state index is 0.114. The molecule has 0 amide bonds. The number of aromatic hydroxyl groups is 1. The van der Waals surface area contributed by atoms with Crippen molar-refractivity contribution in [3.8, 4) is 28.9 Å². The van der Waals surface area contributed by atoms with Gasteiger partial charge in [0.15, 0.2) is 5.69 Å². The number of benzene rings is 2. The molecule has 7 nitrogen and oxygen atoms in total. The van der Waals surface area contributed by atoms with Crippen molar-refractivity contribution in [3.05, 3.63) is 59.8 Å². The molecule has 1 heterocycles. The average molecular weight is 407 g/mol. The molecule has 0 radical (unpaired) electrons. The SMILES string of the molecule is CON=Cc1c(C(F)(F)F)nn(C)c1Oc1ccc(Oc2ccc(O)cc2)cc1. The van der Waals surface area contributed by atoms with E-state index in [1.807, 2.05) is 0 Å². The molecular weight excluding hydrogens is 391 g/mol. The number of phenols is 1. The van der Waals surface area contributed by atoms with Crippen LogP contribution in [0.2, 0.25) is 0 Å². The number of aromatic nitrogens is 2. The molecule has 0 saturated heterocycles. The first-order valence-corrected chi connectivity index (χ1v) is 8.23. The minimum atomic E-state index is -4.68. The number of phenolic OH excluding ortho intramolecular Hbond substituents is 1. The molecule has 0 atom stereocenters. The highest BCUT2D eigenvalue weighted by Crippen LogP contribution is 2.36. The number of ether oxygens (including phenoxy) is 2. The number of oxime groups is 1. The van der Waals surface area contributed by atoms with E-state index in [9.17, 15) is 18.3 Å². The van der Waals surface area contributed by atoms with Gasteiger partial charge in [0, 0.05) is 7.05 Å². The van der Waals surface area contributed by atoms with Gasteiger partial charge in [-0.2, -0.15) is 18.3 Å². The maximum absolute atomic E-state index is 13.2. The Hall–Kier alpha value is -3.69. The standard InChI is InChI=1S/C19H16F3N3O4/c1-25-18(16(11-23-27-2)17(24-25)19(20,21)22)29-15-9-7-14(8-10-15)28-13-5-3-12(26)4-6-13/h3-11,26H,1-2H3. The fourth-order valence-corrected chi connectivity index (χ4v) is 2.41. The summed E-state index contributed by atoms with van der Waals surface area (Å²) in [4.78, 5) is 4.48. The third-order valence-corrected chi connectivity index (χ3v) is 3.70. The molecule has 3 rings (SSSR count). The molecule has 0 aliphatic rings. The van der Waals surface area contributed by atoms with Crippen molar-refractivity contribution in [2.45, 2.75) is 6.18 Å². The zero-order valence-corrected chi connectivity index (χ0v) is 15.3. The highest BCUT2D eigenvalue weighted by molar-refractivity contribution is 5.84. The number of alkyl halides is 3. The largest absolute Gasteiger partial charge is 0.508 e. The minimum Gasteiger partial charge on any atom is -0.508 e. The van der Waals surface area contributed by atoms with Crippen LogP contribution in [0.5, 0.6) is 28.9 Å². The third kappa shape index (κ3) is 4.78. The molecular formula is C19H16F3N3O4. The molecule has 0 fully saturated rings. The fourth-order valence-electron chi connectivity index (χ4n) is 2.41. The van der Waals surface area contributed by atoms with E-state index in [0.717, 1.165) is 10.9 Å². The predicted molar refractivity (Wildman–Crippen MR) is 97.5 cm³/mol. The third-order valence-electron chi connectivity index (χ3n) is 3.70. The Morgan fingerprint density at radius 3 is 2.00 bits per heavy atom. The van der Waals surface area contributed by atoms with Crippen LogP contribution in [0.25, 0.3) is 0 Å². The molecule has 2 aromatic carbocycles. The predicted octanol–water partition coefficient (Wildman–Crippen LogP) is 4.71. The van der Waals surface area contributed by atoms with Crippen molar-refractivity contribution in [2.24, 2.45) is 12.2 Å². The summed E-state index contributed by atoms with van der Waals surface area (Å²) in [6, 6.07) is 12.4. The molecule has 0 bridgehead atoms. The van der Waals surface area contributed by atoms with Crippen LogP contribution >= 0.6 is 0 Å². The summed E-state index contributed by atoms with van der Waals surface area (Å²) in [7, 11) is 2.55. The number of hydrogen-bond donors (Lipinski definition) is 1. The van der Waals surface area contributed by atoms with E-state index in [0.29, 0.717) is 11.5 Å². The van der Waals surface area contributed by atoms with Crippen LogP contribution in [-0.4, -0.2) is 28.2 Å². The van der Waals surface area contributed by atoms with Crippen LogP contribution in [-0.2, 0) is 18.1 Å². The highest BCUT2D eigenvalue weighted by atomic mass is 19.4. The number of rotatable bonds is 6. The number of hydrogen-bond acceptors (Lipinski definition) is 6. The van der Waals surface area contributed by atoms with Gasteiger partial charge in [0.2, 0.25) is 5.88 Å². The Morgan fingerprint density at radius 1 is 0.966 bits per heavy atom. The summed E-state index contributed by atoms with van der Waals surface area (Å²) < 4.78 is 51.9. The monoisotopic (exact) mass is 407 g/mol. The molecule has 0 aliphatic carbocycles. The first-order chi connectivity index (χ1) is 13.8. The summed E-state index contributed by atoms with van der Waals surface area (Å²) in [5.41, 5.74) is -1.49. The molecule has 1 aromatic heterocycles. The summed E-state index contributed by atoms with van der Waals surface area (Å²) in [6.07, 6.45) is -3.79. The second kappa shape index (κ2) is 8.13. The van der Waals surface area contributed by atoms with Crippen molar-refractivity contribution in [1.29, 1.82) is 0 Å². The zero-order chi connectivity index (χ0) is 21.0. The molecule has 0 saturated carbocycles. The Balaban J connectivity index is 1.83. The van der Waals surface area contributed by atoms with Crippen molar-refractivity contribution in [1.82, 2.24) is 9.78 Å². The van der Waals surface area contributed by atoms with Gasteiger partial charge in [-0.05, 0) is 48.5 Å². The maximum Gasteiger partial charge on any atom is 0.435 e. The lowest BCUT2D eigenvalue weighted by Gasteiger charge is -2.09. The van der Waals surface area contributed by atoms with E-state index in [-0.39, 0.29) is 22.9 Å². The van der Waals surface area contributed by atoms with Crippen LogP contribution < -0.4 is 9.47 Å². The number of aryl methyl sites for hydroxylation is 1. The average Bonchev–Trinajstić information content (AvgIpc) is 2.99. The Kier molecular flexibility index (Phi) is 5.62. The van der Waals surface area contributed by atoms with Gasteiger partial charge in [-0.25, -0.2) is 4.68 Å². The van der Waals surface area contributed by atoms with Gasteiger partial charge in [-0.1, -0.05) is 5.16 Å². The van der Waals surface area contributed by atoms with E-state index in [4.69, 9.17) is 9.47 Å². The lowest BCUT2D eigenvalue weighted by atomic mass is 10.2. The summed E-state index contributed by atoms with van der Waals surface area (Å²) in [5.74, 6) is 1.22. The number of nitrogens with zero attached hydrogens (tertiary/aromatic N) is 3. The van der Waals surface area contributed by atoms with E-state index in [1.54, 1.807) is 24.3 Å². The number of halogens is 3. The molecule has 0 spiro atoms. The molecule has 29 heavy (non-hydrogen) atoms. The van der Waals surface area contributed by atoms with E-state index >= 15 is 0 Å². The second-order valence-electron chi connectivity index (χ2n) is 5.78. The van der Waals surface area contributed by atoms with Gasteiger partial charge in [-0.3, -0.25) is 0 Å². The van der Waals surface area contributed by atoms with Crippen molar-refractivity contribution in [3.63, 3.8) is 0 Å².